The van der Waals surface area contributed by atoms with Gasteiger partial charge in [-0.2, -0.15) is 0 Å². The number of Topliss-reactive ketones (excluding diaryl/α,β-unsaturated/α-hetero) is 1. The number of nitrogens with one attached hydrogen (secondary N) is 2. The fourth-order valence-corrected chi connectivity index (χ4v) is 0.152. The second kappa shape index (κ2) is 3.45. The van der Waals surface area contributed by atoms with Crippen LogP contribution < -0.4 is 11.3 Å². The van der Waals surface area contributed by atoms with Gasteiger partial charge < -0.3 is 5.41 Å². The van der Waals surface area contributed by atoms with Crippen LogP contribution >= 0.6 is 0 Å². The Morgan fingerprint density at radius 2 is 2.57 bits per heavy atom. The maximum atomic E-state index is 10.0. The fourth-order valence-electron chi connectivity index (χ4n) is 0.152. The molecule has 0 aromatic rings. The average molecular weight is 101 g/mol. The van der Waals surface area contributed by atoms with Crippen molar-refractivity contribution in [3.63, 3.8) is 0 Å². The van der Waals surface area contributed by atoms with E-state index in [0.717, 1.165) is 6.21 Å². The highest BCUT2D eigenvalue weighted by molar-refractivity contribution is 6.27. The summed E-state index contributed by atoms with van der Waals surface area (Å²) in [6.45, 7) is 0.0451. The molecule has 0 saturated heterocycles. The zero-order valence-corrected chi connectivity index (χ0v) is 3.77. The number of ketones is 1. The lowest BCUT2D eigenvalue weighted by Crippen LogP contribution is -2.29. The van der Waals surface area contributed by atoms with E-state index in [1.54, 1.807) is 0 Å². The molecule has 7 heavy (non-hydrogen) atoms. The van der Waals surface area contributed by atoms with E-state index in [-0.39, 0.29) is 12.3 Å². The van der Waals surface area contributed by atoms with E-state index in [9.17, 15) is 4.79 Å². The van der Waals surface area contributed by atoms with Crippen molar-refractivity contribution in [3.05, 3.63) is 0 Å². The van der Waals surface area contributed by atoms with Crippen molar-refractivity contribution in [2.45, 2.75) is 0 Å². The number of carbonyl (C=O) groups is 1. The summed E-state index contributed by atoms with van der Waals surface area (Å²) in [6, 6.07) is 0. The Labute approximate surface area is 41.2 Å². The van der Waals surface area contributed by atoms with E-state index in [1.165, 1.54) is 0 Å². The molecule has 4 N–H and O–H groups in total. The third kappa shape index (κ3) is 3.08. The summed E-state index contributed by atoms with van der Waals surface area (Å²) < 4.78 is 0. The minimum atomic E-state index is -0.317. The number of rotatable bonds is 3. The lowest BCUT2D eigenvalue weighted by molar-refractivity contribution is -0.111. The van der Waals surface area contributed by atoms with Crippen molar-refractivity contribution in [2.24, 2.45) is 5.84 Å². The largest absolute Gasteiger partial charge is 0.305 e. The first-order chi connectivity index (χ1) is 3.31. The number of carbonyl (C=O) groups excluding carboxylic acids is 1. The van der Waals surface area contributed by atoms with Gasteiger partial charge in [0.05, 0.1) is 12.8 Å². The van der Waals surface area contributed by atoms with Crippen LogP contribution in [0.1, 0.15) is 0 Å². The quantitative estimate of drug-likeness (QED) is 0.234. The Hall–Kier alpha value is -0.740. The van der Waals surface area contributed by atoms with Gasteiger partial charge in [0, 0.05) is 0 Å². The molecule has 0 bridgehead atoms. The lowest BCUT2D eigenvalue weighted by atomic mass is 10.4. The second-order valence-corrected chi connectivity index (χ2v) is 0.992. The van der Waals surface area contributed by atoms with Crippen molar-refractivity contribution < 1.29 is 4.79 Å². The smallest absolute Gasteiger partial charge is 0.188 e. The van der Waals surface area contributed by atoms with Gasteiger partial charge in [0.1, 0.15) is 0 Å². The minimum absolute atomic E-state index is 0.0451. The van der Waals surface area contributed by atoms with Crippen molar-refractivity contribution in [1.29, 1.82) is 5.41 Å². The molecular weight excluding hydrogens is 94.1 g/mol. The fraction of sp³-hybridized carbons (Fsp3) is 0.333. The molecule has 40 valence electrons. The van der Waals surface area contributed by atoms with E-state index in [4.69, 9.17) is 11.3 Å². The van der Waals surface area contributed by atoms with Gasteiger partial charge in [-0.3, -0.25) is 16.1 Å². The molecule has 0 aromatic carbocycles. The number of hydrogen-bond donors (Lipinski definition) is 3. The Kier molecular flexibility index (Phi) is 3.09. The van der Waals surface area contributed by atoms with Gasteiger partial charge in [0.25, 0.3) is 0 Å². The molecule has 0 aliphatic carbocycles. The van der Waals surface area contributed by atoms with Crippen LogP contribution in [0.5, 0.6) is 0 Å². The standard InChI is InChI=1S/C3H7N3O/c4-1-3(7)2-6-5/h1,4,6H,2,5H2. The topological polar surface area (TPSA) is 79.0 Å². The predicted octanol–water partition coefficient (Wildman–Crippen LogP) is -1.33. The molecule has 0 atom stereocenters. The van der Waals surface area contributed by atoms with Gasteiger partial charge in [-0.1, -0.05) is 0 Å². The van der Waals surface area contributed by atoms with E-state index in [0.29, 0.717) is 0 Å². The summed E-state index contributed by atoms with van der Waals surface area (Å²) in [6.07, 6.45) is 0.722. The van der Waals surface area contributed by atoms with Crippen molar-refractivity contribution in [2.75, 3.05) is 6.54 Å². The first-order valence-electron chi connectivity index (χ1n) is 1.78. The van der Waals surface area contributed by atoms with E-state index in [1.807, 2.05) is 0 Å². The molecule has 0 amide bonds. The zero-order valence-electron chi connectivity index (χ0n) is 3.77. The van der Waals surface area contributed by atoms with Crippen LogP contribution in [0.3, 0.4) is 0 Å². The summed E-state index contributed by atoms with van der Waals surface area (Å²) in [5.74, 6) is 4.41. The molecule has 0 spiro atoms. The third-order valence-corrected chi connectivity index (χ3v) is 0.437. The minimum Gasteiger partial charge on any atom is -0.305 e. The van der Waals surface area contributed by atoms with Crippen LogP contribution in [0, 0.1) is 5.41 Å². The van der Waals surface area contributed by atoms with Crippen molar-refractivity contribution in [1.82, 2.24) is 5.43 Å². The van der Waals surface area contributed by atoms with Crippen LogP contribution in [-0.2, 0) is 4.79 Å². The van der Waals surface area contributed by atoms with Crippen LogP contribution in [0.4, 0.5) is 0 Å². The summed E-state index contributed by atoms with van der Waals surface area (Å²) >= 11 is 0. The first-order valence-corrected chi connectivity index (χ1v) is 1.78. The second-order valence-electron chi connectivity index (χ2n) is 0.992. The van der Waals surface area contributed by atoms with Gasteiger partial charge in [-0.25, -0.2) is 0 Å². The monoisotopic (exact) mass is 101 g/mol. The first kappa shape index (κ1) is 6.26. The molecule has 0 aliphatic rings. The van der Waals surface area contributed by atoms with Gasteiger partial charge >= 0.3 is 0 Å². The molecular formula is C3H7N3O. The Morgan fingerprint density at radius 1 is 2.00 bits per heavy atom. The number of hydrazine groups is 1. The Bertz CT molecular complexity index is 80.2. The molecule has 4 nitrogen and oxygen atoms in total. The van der Waals surface area contributed by atoms with E-state index < -0.39 is 0 Å². The molecule has 0 rings (SSSR count). The van der Waals surface area contributed by atoms with Crippen LogP contribution in [-0.4, -0.2) is 18.5 Å². The summed E-state index contributed by atoms with van der Waals surface area (Å²) in [7, 11) is 0. The number of hydrogen-bond acceptors (Lipinski definition) is 4. The Morgan fingerprint density at radius 3 is 2.71 bits per heavy atom. The van der Waals surface area contributed by atoms with Crippen molar-refractivity contribution in [3.8, 4) is 0 Å². The van der Waals surface area contributed by atoms with Crippen LogP contribution in [0.25, 0.3) is 0 Å². The van der Waals surface area contributed by atoms with Gasteiger partial charge in [0.15, 0.2) is 5.78 Å². The molecule has 4 heteroatoms. The summed E-state index contributed by atoms with van der Waals surface area (Å²) in [4.78, 5) is 10.0. The van der Waals surface area contributed by atoms with Gasteiger partial charge in [0.2, 0.25) is 0 Å². The molecule has 0 aliphatic heterocycles. The lowest BCUT2D eigenvalue weighted by Gasteiger charge is -1.86. The molecule has 0 fully saturated rings. The third-order valence-electron chi connectivity index (χ3n) is 0.437. The SMILES string of the molecule is N=CC(=O)CNN. The highest BCUT2D eigenvalue weighted by Gasteiger charge is 1.88. The molecule has 0 saturated carbocycles. The van der Waals surface area contributed by atoms with Crippen LogP contribution in [0.2, 0.25) is 0 Å². The number of nitrogens with two attached hydrogens (primary N) is 1. The molecule has 0 unspecified atom stereocenters. The van der Waals surface area contributed by atoms with Crippen LogP contribution in [0.15, 0.2) is 0 Å². The summed E-state index contributed by atoms with van der Waals surface area (Å²) in [5, 5.41) is 6.34. The molecule has 0 aromatic heterocycles. The average Bonchev–Trinajstić information content (AvgIpc) is 1.68. The zero-order chi connectivity index (χ0) is 5.70. The molecule has 0 radical (unpaired) electrons. The van der Waals surface area contributed by atoms with E-state index in [2.05, 4.69) is 5.43 Å². The Balaban J connectivity index is 3.17. The van der Waals surface area contributed by atoms with Gasteiger partial charge in [-0.05, 0) is 0 Å². The highest BCUT2D eigenvalue weighted by atomic mass is 16.1. The summed E-state index contributed by atoms with van der Waals surface area (Å²) in [5.41, 5.74) is 2.12. The highest BCUT2D eigenvalue weighted by Crippen LogP contribution is 1.54. The van der Waals surface area contributed by atoms with Gasteiger partial charge in [-0.15, -0.1) is 0 Å². The predicted molar refractivity (Wildman–Crippen MR) is 26.0 cm³/mol. The maximum Gasteiger partial charge on any atom is 0.188 e. The van der Waals surface area contributed by atoms with E-state index >= 15 is 0 Å². The molecule has 0 heterocycles. The van der Waals surface area contributed by atoms with Crippen molar-refractivity contribution >= 4 is 12.0 Å². The maximum absolute atomic E-state index is 10.0. The normalized spacial score (nSPS) is 8.14.